The Morgan fingerprint density at radius 1 is 0.571 bits per heavy atom. The standard InChI is InChI=1S/C36H67NO5/c1-3-5-7-9-11-13-14-15-16-17-18-19-20-22-23-25-27-29-33(39)35(41)32(31-38)37-36(42)34(40)30-28-26-24-21-12-10-8-6-4-2/h13-14,17-18,22-23,32-35,38-41H,3-12,15-16,19-21,24-31H2,1-2H3,(H,37,42)/b14-13+,18-17+,23-22+. The Hall–Kier alpha value is -1.47. The molecule has 0 aromatic heterocycles. The highest BCUT2D eigenvalue weighted by Crippen LogP contribution is 2.13. The van der Waals surface area contributed by atoms with E-state index in [2.05, 4.69) is 55.6 Å². The van der Waals surface area contributed by atoms with Crippen molar-refractivity contribution in [3.63, 3.8) is 0 Å². The van der Waals surface area contributed by atoms with E-state index in [9.17, 15) is 25.2 Å². The predicted molar refractivity (Wildman–Crippen MR) is 177 cm³/mol. The fraction of sp³-hybridized carbons (Fsp3) is 0.806. The first-order valence-corrected chi connectivity index (χ1v) is 17.4. The first-order valence-electron chi connectivity index (χ1n) is 17.4. The first-order chi connectivity index (χ1) is 20.5. The van der Waals surface area contributed by atoms with Crippen molar-refractivity contribution in [3.05, 3.63) is 36.5 Å². The van der Waals surface area contributed by atoms with Crippen LogP contribution in [0.2, 0.25) is 0 Å². The lowest BCUT2D eigenvalue weighted by molar-refractivity contribution is -0.132. The number of aliphatic hydroxyl groups is 4. The fourth-order valence-electron chi connectivity index (χ4n) is 4.96. The zero-order valence-electron chi connectivity index (χ0n) is 27.2. The average Bonchev–Trinajstić information content (AvgIpc) is 2.99. The van der Waals surface area contributed by atoms with E-state index >= 15 is 0 Å². The van der Waals surface area contributed by atoms with Gasteiger partial charge in [-0.05, 0) is 64.2 Å². The van der Waals surface area contributed by atoms with Gasteiger partial charge in [-0.3, -0.25) is 4.79 Å². The van der Waals surface area contributed by atoms with Crippen LogP contribution in [0.3, 0.4) is 0 Å². The van der Waals surface area contributed by atoms with Gasteiger partial charge in [0.05, 0.1) is 18.8 Å². The maximum absolute atomic E-state index is 12.4. The van der Waals surface area contributed by atoms with Gasteiger partial charge in [0.2, 0.25) is 5.91 Å². The van der Waals surface area contributed by atoms with Gasteiger partial charge in [0.15, 0.2) is 0 Å². The summed E-state index contributed by atoms with van der Waals surface area (Å²) in [5.74, 6) is -0.605. The molecule has 0 saturated carbocycles. The van der Waals surface area contributed by atoms with Gasteiger partial charge in [-0.2, -0.15) is 0 Å². The SMILES string of the molecule is CCCCCC/C=C/CC/C=C/CC/C=C/CCCC(O)C(O)C(CO)NC(=O)C(O)CCCCCCCCCCC. The van der Waals surface area contributed by atoms with E-state index in [1.54, 1.807) is 0 Å². The Labute approximate surface area is 258 Å². The summed E-state index contributed by atoms with van der Waals surface area (Å²) in [7, 11) is 0. The topological polar surface area (TPSA) is 110 Å². The number of carbonyl (C=O) groups is 1. The monoisotopic (exact) mass is 594 g/mol. The molecule has 0 rings (SSSR count). The van der Waals surface area contributed by atoms with Crippen molar-refractivity contribution < 1.29 is 25.2 Å². The van der Waals surface area contributed by atoms with E-state index < -0.39 is 36.9 Å². The normalized spacial score (nSPS) is 15.1. The van der Waals surface area contributed by atoms with Crippen molar-refractivity contribution in [1.29, 1.82) is 0 Å². The lowest BCUT2D eigenvalue weighted by Gasteiger charge is -2.27. The van der Waals surface area contributed by atoms with Crippen LogP contribution in [-0.4, -0.2) is 57.3 Å². The number of hydrogen-bond acceptors (Lipinski definition) is 5. The number of amides is 1. The van der Waals surface area contributed by atoms with Crippen molar-refractivity contribution in [3.8, 4) is 0 Å². The third-order valence-corrected chi connectivity index (χ3v) is 7.81. The lowest BCUT2D eigenvalue weighted by Crippen LogP contribution is -2.53. The summed E-state index contributed by atoms with van der Waals surface area (Å²) < 4.78 is 0. The zero-order valence-corrected chi connectivity index (χ0v) is 27.2. The molecule has 5 N–H and O–H groups in total. The van der Waals surface area contributed by atoms with Crippen LogP contribution >= 0.6 is 0 Å². The van der Waals surface area contributed by atoms with Gasteiger partial charge >= 0.3 is 0 Å². The van der Waals surface area contributed by atoms with Gasteiger partial charge < -0.3 is 25.7 Å². The number of allylic oxidation sites excluding steroid dienone is 6. The average molecular weight is 594 g/mol. The van der Waals surface area contributed by atoms with E-state index in [-0.39, 0.29) is 0 Å². The maximum Gasteiger partial charge on any atom is 0.249 e. The number of unbranched alkanes of at least 4 members (excludes halogenated alkanes) is 15. The highest BCUT2D eigenvalue weighted by atomic mass is 16.3. The van der Waals surface area contributed by atoms with Gasteiger partial charge in [-0.25, -0.2) is 0 Å². The Bertz CT molecular complexity index is 678. The Morgan fingerprint density at radius 3 is 1.50 bits per heavy atom. The molecular weight excluding hydrogens is 526 g/mol. The van der Waals surface area contributed by atoms with E-state index in [1.165, 1.54) is 70.6 Å². The van der Waals surface area contributed by atoms with Crippen LogP contribution in [0.1, 0.15) is 155 Å². The molecule has 0 aliphatic carbocycles. The molecule has 0 aromatic carbocycles. The summed E-state index contributed by atoms with van der Waals surface area (Å²) in [6, 6.07) is -1.01. The molecule has 4 unspecified atom stereocenters. The number of rotatable bonds is 30. The highest BCUT2D eigenvalue weighted by Gasteiger charge is 2.28. The second-order valence-corrected chi connectivity index (χ2v) is 11.8. The first kappa shape index (κ1) is 40.5. The van der Waals surface area contributed by atoms with Crippen LogP contribution < -0.4 is 5.32 Å². The van der Waals surface area contributed by atoms with Crippen molar-refractivity contribution in [2.75, 3.05) is 6.61 Å². The summed E-state index contributed by atoms with van der Waals surface area (Å²) in [5.41, 5.74) is 0. The van der Waals surface area contributed by atoms with Crippen LogP contribution in [0.15, 0.2) is 36.5 Å². The molecule has 6 heteroatoms. The van der Waals surface area contributed by atoms with E-state index in [0.717, 1.165) is 51.4 Å². The molecule has 42 heavy (non-hydrogen) atoms. The fourth-order valence-corrected chi connectivity index (χ4v) is 4.96. The molecule has 0 fully saturated rings. The van der Waals surface area contributed by atoms with Gasteiger partial charge in [0.25, 0.3) is 0 Å². The Kier molecular flexibility index (Phi) is 29.9. The van der Waals surface area contributed by atoms with Gasteiger partial charge in [-0.1, -0.05) is 127 Å². The van der Waals surface area contributed by atoms with E-state index in [4.69, 9.17) is 0 Å². The van der Waals surface area contributed by atoms with Gasteiger partial charge in [0.1, 0.15) is 12.2 Å². The molecule has 4 atom stereocenters. The van der Waals surface area contributed by atoms with Crippen LogP contribution in [0.25, 0.3) is 0 Å². The number of carbonyl (C=O) groups excluding carboxylic acids is 1. The smallest absolute Gasteiger partial charge is 0.249 e. The summed E-state index contributed by atoms with van der Waals surface area (Å²) in [6.07, 6.45) is 33.1. The summed E-state index contributed by atoms with van der Waals surface area (Å²) in [4.78, 5) is 12.4. The molecule has 246 valence electrons. The number of hydrogen-bond donors (Lipinski definition) is 5. The molecule has 0 heterocycles. The minimum atomic E-state index is -1.29. The Morgan fingerprint density at radius 2 is 1.00 bits per heavy atom. The minimum Gasteiger partial charge on any atom is -0.394 e. The summed E-state index contributed by atoms with van der Waals surface area (Å²) in [5, 5.41) is 43.2. The van der Waals surface area contributed by atoms with E-state index in [0.29, 0.717) is 19.3 Å². The number of nitrogens with one attached hydrogen (secondary N) is 1. The number of aliphatic hydroxyl groups excluding tert-OH is 4. The molecule has 6 nitrogen and oxygen atoms in total. The van der Waals surface area contributed by atoms with Crippen molar-refractivity contribution in [2.45, 2.75) is 179 Å². The molecule has 1 amide bonds. The molecule has 0 aliphatic heterocycles. The molecular formula is C36H67NO5. The van der Waals surface area contributed by atoms with Crippen LogP contribution in [-0.2, 0) is 4.79 Å². The minimum absolute atomic E-state index is 0.358. The second-order valence-electron chi connectivity index (χ2n) is 11.8. The molecule has 0 bridgehead atoms. The molecule has 0 radical (unpaired) electrons. The van der Waals surface area contributed by atoms with Crippen molar-refractivity contribution in [1.82, 2.24) is 5.32 Å². The highest BCUT2D eigenvalue weighted by molar-refractivity contribution is 5.80. The van der Waals surface area contributed by atoms with Crippen LogP contribution in [0.4, 0.5) is 0 Å². The third-order valence-electron chi connectivity index (χ3n) is 7.81. The molecule has 0 aromatic rings. The predicted octanol–water partition coefficient (Wildman–Crippen LogP) is 7.84. The summed E-state index contributed by atoms with van der Waals surface area (Å²) in [6.45, 7) is 3.95. The van der Waals surface area contributed by atoms with Crippen LogP contribution in [0, 0.1) is 0 Å². The zero-order chi connectivity index (χ0) is 31.1. The quantitative estimate of drug-likeness (QED) is 0.0431. The van der Waals surface area contributed by atoms with Gasteiger partial charge in [0, 0.05) is 0 Å². The van der Waals surface area contributed by atoms with Crippen molar-refractivity contribution in [2.24, 2.45) is 0 Å². The molecule has 0 aliphatic rings. The molecule has 0 spiro atoms. The van der Waals surface area contributed by atoms with Gasteiger partial charge in [-0.15, -0.1) is 0 Å². The third kappa shape index (κ3) is 25.1. The van der Waals surface area contributed by atoms with E-state index in [1.807, 2.05) is 0 Å². The van der Waals surface area contributed by atoms with Crippen LogP contribution in [0.5, 0.6) is 0 Å². The maximum atomic E-state index is 12.4. The molecule has 0 saturated heterocycles. The largest absolute Gasteiger partial charge is 0.394 e. The van der Waals surface area contributed by atoms with Crippen molar-refractivity contribution >= 4 is 5.91 Å². The lowest BCUT2D eigenvalue weighted by atomic mass is 10.00. The Balaban J connectivity index is 3.95. The second kappa shape index (κ2) is 31.0. The summed E-state index contributed by atoms with van der Waals surface area (Å²) >= 11 is 0.